The standard InChI is InChI=1S/C15H33N3O/c1-4-6-12-18(13-7-5-2)14-9-15(19)17(3)11-8-10-16/h4-14,16H2,1-3H3. The van der Waals surface area contributed by atoms with Crippen LogP contribution in [0.25, 0.3) is 0 Å². The van der Waals surface area contributed by atoms with E-state index in [-0.39, 0.29) is 5.91 Å². The number of nitrogens with zero attached hydrogens (tertiary/aromatic N) is 2. The Hall–Kier alpha value is -0.610. The molecule has 0 saturated heterocycles. The minimum atomic E-state index is 0.242. The summed E-state index contributed by atoms with van der Waals surface area (Å²) in [5.74, 6) is 0.242. The van der Waals surface area contributed by atoms with Crippen LogP contribution in [0.15, 0.2) is 0 Å². The highest BCUT2D eigenvalue weighted by atomic mass is 16.2. The molecule has 4 heteroatoms. The second-order valence-electron chi connectivity index (χ2n) is 5.26. The second kappa shape index (κ2) is 12.4. The Kier molecular flexibility index (Phi) is 12.0. The third-order valence-electron chi connectivity index (χ3n) is 3.42. The Balaban J connectivity index is 3.95. The topological polar surface area (TPSA) is 49.6 Å². The maximum Gasteiger partial charge on any atom is 0.223 e. The van der Waals surface area contributed by atoms with Gasteiger partial charge in [0.2, 0.25) is 5.91 Å². The third kappa shape index (κ3) is 9.91. The number of unbranched alkanes of at least 4 members (excludes halogenated alkanes) is 2. The van der Waals surface area contributed by atoms with E-state index in [0.717, 1.165) is 32.6 Å². The van der Waals surface area contributed by atoms with Crippen LogP contribution in [0.3, 0.4) is 0 Å². The van der Waals surface area contributed by atoms with Crippen LogP contribution in [0.2, 0.25) is 0 Å². The number of carbonyl (C=O) groups excluding carboxylic acids is 1. The summed E-state index contributed by atoms with van der Waals surface area (Å²) in [6, 6.07) is 0. The highest BCUT2D eigenvalue weighted by Crippen LogP contribution is 2.02. The van der Waals surface area contributed by atoms with Gasteiger partial charge in [-0.1, -0.05) is 26.7 Å². The molecule has 0 bridgehead atoms. The number of carbonyl (C=O) groups is 1. The number of nitrogens with two attached hydrogens (primary N) is 1. The van der Waals surface area contributed by atoms with Gasteiger partial charge < -0.3 is 15.5 Å². The van der Waals surface area contributed by atoms with Gasteiger partial charge in [0.1, 0.15) is 0 Å². The van der Waals surface area contributed by atoms with E-state index in [1.54, 1.807) is 0 Å². The van der Waals surface area contributed by atoms with Crippen LogP contribution >= 0.6 is 0 Å². The van der Waals surface area contributed by atoms with Gasteiger partial charge in [0.25, 0.3) is 0 Å². The first-order chi connectivity index (χ1) is 9.15. The lowest BCUT2D eigenvalue weighted by molar-refractivity contribution is -0.130. The van der Waals surface area contributed by atoms with Crippen molar-refractivity contribution in [1.82, 2.24) is 9.80 Å². The van der Waals surface area contributed by atoms with Crippen LogP contribution in [-0.2, 0) is 4.79 Å². The highest BCUT2D eigenvalue weighted by molar-refractivity contribution is 5.76. The molecular weight excluding hydrogens is 238 g/mol. The predicted molar refractivity (Wildman–Crippen MR) is 82.2 cm³/mol. The number of hydrogen-bond acceptors (Lipinski definition) is 3. The van der Waals surface area contributed by atoms with Crippen molar-refractivity contribution < 1.29 is 4.79 Å². The molecule has 0 spiro atoms. The SMILES string of the molecule is CCCCN(CCCC)CCC(=O)N(C)CCCN. The molecule has 0 heterocycles. The average Bonchev–Trinajstić information content (AvgIpc) is 2.43. The maximum absolute atomic E-state index is 12.0. The van der Waals surface area contributed by atoms with Crippen molar-refractivity contribution in [3.8, 4) is 0 Å². The summed E-state index contributed by atoms with van der Waals surface area (Å²) in [5.41, 5.74) is 5.46. The lowest BCUT2D eigenvalue weighted by Gasteiger charge is -2.23. The zero-order valence-electron chi connectivity index (χ0n) is 13.2. The molecule has 0 aliphatic carbocycles. The van der Waals surface area contributed by atoms with Gasteiger partial charge in [-0.2, -0.15) is 0 Å². The van der Waals surface area contributed by atoms with Crippen LogP contribution in [-0.4, -0.2) is 55.5 Å². The minimum Gasteiger partial charge on any atom is -0.346 e. The van der Waals surface area contributed by atoms with Gasteiger partial charge in [0.15, 0.2) is 0 Å². The van der Waals surface area contributed by atoms with Crippen molar-refractivity contribution >= 4 is 5.91 Å². The van der Waals surface area contributed by atoms with Crippen molar-refractivity contribution in [2.45, 2.75) is 52.4 Å². The van der Waals surface area contributed by atoms with Gasteiger partial charge in [-0.3, -0.25) is 4.79 Å². The van der Waals surface area contributed by atoms with Crippen molar-refractivity contribution in [2.24, 2.45) is 5.73 Å². The first-order valence-electron chi connectivity index (χ1n) is 7.82. The molecule has 0 aromatic heterocycles. The Morgan fingerprint density at radius 2 is 1.53 bits per heavy atom. The number of hydrogen-bond donors (Lipinski definition) is 1. The van der Waals surface area contributed by atoms with Gasteiger partial charge in [-0.05, 0) is 38.9 Å². The van der Waals surface area contributed by atoms with Crippen molar-refractivity contribution in [3.63, 3.8) is 0 Å². The Bertz CT molecular complexity index is 213. The molecule has 2 N–H and O–H groups in total. The third-order valence-corrected chi connectivity index (χ3v) is 3.42. The molecule has 0 saturated carbocycles. The summed E-state index contributed by atoms with van der Waals surface area (Å²) >= 11 is 0. The normalized spacial score (nSPS) is 11.0. The summed E-state index contributed by atoms with van der Waals surface area (Å²) < 4.78 is 0. The van der Waals surface area contributed by atoms with E-state index in [9.17, 15) is 4.79 Å². The van der Waals surface area contributed by atoms with E-state index < -0.39 is 0 Å². The molecule has 0 aromatic carbocycles. The van der Waals surface area contributed by atoms with Crippen LogP contribution < -0.4 is 5.73 Å². The Labute approximate surface area is 119 Å². The molecule has 0 atom stereocenters. The molecule has 4 nitrogen and oxygen atoms in total. The van der Waals surface area contributed by atoms with Crippen molar-refractivity contribution in [3.05, 3.63) is 0 Å². The molecule has 0 radical (unpaired) electrons. The van der Waals surface area contributed by atoms with Gasteiger partial charge in [-0.25, -0.2) is 0 Å². The van der Waals surface area contributed by atoms with E-state index in [1.807, 2.05) is 11.9 Å². The fraction of sp³-hybridized carbons (Fsp3) is 0.933. The van der Waals surface area contributed by atoms with Crippen LogP contribution in [0.4, 0.5) is 0 Å². The molecule has 0 rings (SSSR count). The largest absolute Gasteiger partial charge is 0.346 e. The summed E-state index contributed by atoms with van der Waals surface area (Å²) in [6.07, 6.45) is 6.40. The lowest BCUT2D eigenvalue weighted by Crippen LogP contribution is -2.34. The summed E-state index contributed by atoms with van der Waals surface area (Å²) in [6.45, 7) is 8.99. The first kappa shape index (κ1) is 18.4. The quantitative estimate of drug-likeness (QED) is 0.591. The summed E-state index contributed by atoms with van der Waals surface area (Å²) in [5, 5.41) is 0. The van der Waals surface area contributed by atoms with E-state index >= 15 is 0 Å². The molecular formula is C15H33N3O. The summed E-state index contributed by atoms with van der Waals surface area (Å²) in [4.78, 5) is 16.2. The monoisotopic (exact) mass is 271 g/mol. The van der Waals surface area contributed by atoms with Gasteiger partial charge in [0, 0.05) is 26.6 Å². The highest BCUT2D eigenvalue weighted by Gasteiger charge is 2.11. The Morgan fingerprint density at radius 1 is 0.947 bits per heavy atom. The smallest absolute Gasteiger partial charge is 0.223 e. The molecule has 0 aliphatic rings. The van der Waals surface area contributed by atoms with E-state index in [0.29, 0.717) is 13.0 Å². The molecule has 1 amide bonds. The fourth-order valence-corrected chi connectivity index (χ4v) is 2.00. The van der Waals surface area contributed by atoms with E-state index in [2.05, 4.69) is 18.7 Å². The van der Waals surface area contributed by atoms with E-state index in [4.69, 9.17) is 5.73 Å². The zero-order chi connectivity index (χ0) is 14.5. The zero-order valence-corrected chi connectivity index (χ0v) is 13.2. The van der Waals surface area contributed by atoms with E-state index in [1.165, 1.54) is 25.7 Å². The van der Waals surface area contributed by atoms with Crippen LogP contribution in [0.5, 0.6) is 0 Å². The van der Waals surface area contributed by atoms with Gasteiger partial charge in [-0.15, -0.1) is 0 Å². The average molecular weight is 271 g/mol. The number of rotatable bonds is 12. The van der Waals surface area contributed by atoms with Crippen LogP contribution in [0.1, 0.15) is 52.4 Å². The van der Waals surface area contributed by atoms with Crippen LogP contribution in [0, 0.1) is 0 Å². The molecule has 19 heavy (non-hydrogen) atoms. The maximum atomic E-state index is 12.0. The summed E-state index contributed by atoms with van der Waals surface area (Å²) in [7, 11) is 1.88. The second-order valence-corrected chi connectivity index (χ2v) is 5.26. The first-order valence-corrected chi connectivity index (χ1v) is 7.82. The molecule has 0 fully saturated rings. The van der Waals surface area contributed by atoms with Crippen molar-refractivity contribution in [1.29, 1.82) is 0 Å². The lowest BCUT2D eigenvalue weighted by atomic mass is 10.2. The molecule has 0 aromatic rings. The van der Waals surface area contributed by atoms with Crippen molar-refractivity contribution in [2.75, 3.05) is 39.8 Å². The predicted octanol–water partition coefficient (Wildman–Crippen LogP) is 2.09. The number of amides is 1. The van der Waals surface area contributed by atoms with Gasteiger partial charge in [0.05, 0.1) is 0 Å². The van der Waals surface area contributed by atoms with Gasteiger partial charge >= 0.3 is 0 Å². The minimum absolute atomic E-state index is 0.242. The molecule has 0 aliphatic heterocycles. The molecule has 0 unspecified atom stereocenters. The Morgan fingerprint density at radius 3 is 2.00 bits per heavy atom. The molecule has 114 valence electrons. The fourth-order valence-electron chi connectivity index (χ4n) is 2.00.